The average molecular weight is 288 g/mol. The third kappa shape index (κ3) is 3.75. The van der Waals surface area contributed by atoms with Crippen LogP contribution in [0.4, 0.5) is 0 Å². The molecule has 0 saturated carbocycles. The first-order valence-corrected chi connectivity index (χ1v) is 11.0. The fourth-order valence-corrected chi connectivity index (χ4v) is 4.03. The van der Waals surface area contributed by atoms with E-state index in [1.165, 1.54) is 6.92 Å². The van der Waals surface area contributed by atoms with Gasteiger partial charge in [-0.1, -0.05) is 19.6 Å². The SMILES string of the molecule is CC(=O)N1[C@H](C(=O)NC[Si](C)(C)C)CSC1(C)C. The number of nitrogens with zero attached hydrogens (tertiary/aromatic N) is 1. The van der Waals surface area contributed by atoms with Crippen molar-refractivity contribution in [3.8, 4) is 0 Å². The van der Waals surface area contributed by atoms with Crippen molar-refractivity contribution in [2.45, 2.75) is 51.3 Å². The van der Waals surface area contributed by atoms with Crippen molar-refractivity contribution < 1.29 is 9.59 Å². The summed E-state index contributed by atoms with van der Waals surface area (Å²) < 4.78 is 0. The predicted octanol–water partition coefficient (Wildman–Crippen LogP) is 1.68. The van der Waals surface area contributed by atoms with Crippen LogP contribution in [-0.4, -0.2) is 47.6 Å². The number of hydrogen-bond acceptors (Lipinski definition) is 3. The lowest BCUT2D eigenvalue weighted by Crippen LogP contribution is -2.54. The Hall–Kier alpha value is -0.493. The lowest BCUT2D eigenvalue weighted by atomic mass is 10.2. The Bertz CT molecular complexity index is 352. The Morgan fingerprint density at radius 1 is 1.39 bits per heavy atom. The summed E-state index contributed by atoms with van der Waals surface area (Å²) in [6.45, 7) is 12.2. The fraction of sp³-hybridized carbons (Fsp3) is 0.833. The minimum Gasteiger partial charge on any atom is -0.357 e. The van der Waals surface area contributed by atoms with E-state index in [1.54, 1.807) is 16.7 Å². The van der Waals surface area contributed by atoms with Gasteiger partial charge in [-0.2, -0.15) is 0 Å². The quantitative estimate of drug-likeness (QED) is 0.804. The number of carbonyl (C=O) groups is 2. The molecule has 0 spiro atoms. The molecule has 0 aromatic carbocycles. The van der Waals surface area contributed by atoms with Gasteiger partial charge in [0.1, 0.15) is 6.04 Å². The Morgan fingerprint density at radius 3 is 2.39 bits per heavy atom. The van der Waals surface area contributed by atoms with Crippen molar-refractivity contribution in [2.24, 2.45) is 0 Å². The maximum atomic E-state index is 12.2. The van der Waals surface area contributed by atoms with Crippen molar-refractivity contribution in [2.75, 3.05) is 11.9 Å². The van der Waals surface area contributed by atoms with Crippen LogP contribution in [0.1, 0.15) is 20.8 Å². The number of nitrogens with one attached hydrogen (secondary N) is 1. The zero-order chi connectivity index (χ0) is 14.1. The van der Waals surface area contributed by atoms with Crippen LogP contribution in [0.25, 0.3) is 0 Å². The first-order valence-electron chi connectivity index (χ1n) is 6.26. The molecule has 1 atom stereocenters. The van der Waals surface area contributed by atoms with Crippen LogP contribution in [0.5, 0.6) is 0 Å². The molecule has 0 aromatic heterocycles. The van der Waals surface area contributed by atoms with Gasteiger partial charge in [0.15, 0.2) is 0 Å². The number of thioether (sulfide) groups is 1. The molecule has 0 aliphatic carbocycles. The Kier molecular flexibility index (Phi) is 4.54. The summed E-state index contributed by atoms with van der Waals surface area (Å²) in [5.74, 6) is 0.647. The number of carbonyl (C=O) groups excluding carboxylic acids is 2. The maximum absolute atomic E-state index is 12.2. The van der Waals surface area contributed by atoms with Gasteiger partial charge in [-0.05, 0) is 13.8 Å². The third-order valence-corrected chi connectivity index (χ3v) is 5.54. The van der Waals surface area contributed by atoms with Crippen molar-refractivity contribution in [1.29, 1.82) is 0 Å². The summed E-state index contributed by atoms with van der Waals surface area (Å²) in [5, 5.41) is 3.00. The normalized spacial score (nSPS) is 23.0. The molecule has 1 fully saturated rings. The molecule has 4 nitrogen and oxygen atoms in total. The second-order valence-corrected chi connectivity index (χ2v) is 13.5. The Morgan fingerprint density at radius 2 is 1.94 bits per heavy atom. The van der Waals surface area contributed by atoms with E-state index in [1.807, 2.05) is 13.8 Å². The molecule has 1 aliphatic rings. The zero-order valence-corrected chi connectivity index (χ0v) is 14.0. The molecule has 1 heterocycles. The van der Waals surface area contributed by atoms with Crippen LogP contribution in [-0.2, 0) is 9.59 Å². The smallest absolute Gasteiger partial charge is 0.243 e. The van der Waals surface area contributed by atoms with Gasteiger partial charge in [-0.3, -0.25) is 9.59 Å². The molecule has 0 radical (unpaired) electrons. The lowest BCUT2D eigenvalue weighted by molar-refractivity contribution is -0.139. The van der Waals surface area contributed by atoms with Gasteiger partial charge in [-0.15, -0.1) is 11.8 Å². The molecule has 0 unspecified atom stereocenters. The highest BCUT2D eigenvalue weighted by atomic mass is 32.2. The molecule has 1 aliphatic heterocycles. The van der Waals surface area contributed by atoms with Gasteiger partial charge in [0.05, 0.1) is 12.9 Å². The summed E-state index contributed by atoms with van der Waals surface area (Å²) in [6, 6.07) is -0.321. The number of rotatable bonds is 3. The molecule has 1 N–H and O–H groups in total. The second-order valence-electron chi connectivity index (χ2n) is 6.44. The van der Waals surface area contributed by atoms with Crippen molar-refractivity contribution in [3.05, 3.63) is 0 Å². The van der Waals surface area contributed by atoms with E-state index in [4.69, 9.17) is 0 Å². The predicted molar refractivity (Wildman–Crippen MR) is 79.2 cm³/mol. The van der Waals surface area contributed by atoms with Gasteiger partial charge in [0.25, 0.3) is 0 Å². The minimum absolute atomic E-state index is 0.00861. The van der Waals surface area contributed by atoms with Crippen molar-refractivity contribution in [3.63, 3.8) is 0 Å². The molecule has 6 heteroatoms. The largest absolute Gasteiger partial charge is 0.357 e. The van der Waals surface area contributed by atoms with Crippen LogP contribution in [0.3, 0.4) is 0 Å². The van der Waals surface area contributed by atoms with Gasteiger partial charge >= 0.3 is 0 Å². The monoisotopic (exact) mass is 288 g/mol. The van der Waals surface area contributed by atoms with Crippen molar-refractivity contribution >= 4 is 31.7 Å². The van der Waals surface area contributed by atoms with Crippen molar-refractivity contribution in [1.82, 2.24) is 10.2 Å². The third-order valence-electron chi connectivity index (χ3n) is 2.92. The summed E-state index contributed by atoms with van der Waals surface area (Å²) >= 11 is 1.66. The minimum atomic E-state index is -1.30. The molecule has 0 bridgehead atoms. The van der Waals surface area contributed by atoms with Crippen LogP contribution >= 0.6 is 11.8 Å². The van der Waals surface area contributed by atoms with E-state index in [2.05, 4.69) is 25.0 Å². The Balaban J connectivity index is 2.71. The topological polar surface area (TPSA) is 49.4 Å². The van der Waals surface area contributed by atoms with Gasteiger partial charge in [0, 0.05) is 18.8 Å². The summed E-state index contributed by atoms with van der Waals surface area (Å²) in [7, 11) is -1.30. The molecular weight excluding hydrogens is 264 g/mol. The first kappa shape index (κ1) is 15.6. The molecular formula is C12H24N2O2SSi. The standard InChI is InChI=1S/C12H24N2O2SSi/c1-9(15)14-10(7-17-12(14,2)3)11(16)13-8-18(4,5)6/h10H,7-8H2,1-6H3,(H,13,16)/t10-/m0/s1. The number of amides is 2. The van der Waals surface area contributed by atoms with E-state index < -0.39 is 8.07 Å². The van der Waals surface area contributed by atoms with Crippen LogP contribution < -0.4 is 5.32 Å². The van der Waals surface area contributed by atoms with Gasteiger partial charge in [0.2, 0.25) is 11.8 Å². The van der Waals surface area contributed by atoms with E-state index >= 15 is 0 Å². The fourth-order valence-electron chi connectivity index (χ4n) is 2.06. The van der Waals surface area contributed by atoms with E-state index in [9.17, 15) is 9.59 Å². The highest BCUT2D eigenvalue weighted by Crippen LogP contribution is 2.38. The molecule has 2 amide bonds. The van der Waals surface area contributed by atoms with Gasteiger partial charge in [-0.25, -0.2) is 0 Å². The van der Waals surface area contributed by atoms with Crippen LogP contribution in [0.15, 0.2) is 0 Å². The second kappa shape index (κ2) is 5.25. The first-order chi connectivity index (χ1) is 8.04. The molecule has 1 saturated heterocycles. The lowest BCUT2D eigenvalue weighted by Gasteiger charge is -2.33. The highest BCUT2D eigenvalue weighted by molar-refractivity contribution is 8.00. The summed E-state index contributed by atoms with van der Waals surface area (Å²) in [6.07, 6.45) is 0.763. The molecule has 18 heavy (non-hydrogen) atoms. The van der Waals surface area contributed by atoms with Crippen LogP contribution in [0.2, 0.25) is 19.6 Å². The summed E-state index contributed by atoms with van der Waals surface area (Å²) in [4.78, 5) is 25.3. The maximum Gasteiger partial charge on any atom is 0.243 e. The van der Waals surface area contributed by atoms with E-state index in [0.29, 0.717) is 5.75 Å². The molecule has 104 valence electrons. The summed E-state index contributed by atoms with van der Waals surface area (Å²) in [5.41, 5.74) is 0. The van der Waals surface area contributed by atoms with E-state index in [-0.39, 0.29) is 22.7 Å². The highest BCUT2D eigenvalue weighted by Gasteiger charge is 2.45. The molecule has 0 aromatic rings. The zero-order valence-electron chi connectivity index (χ0n) is 12.2. The number of hydrogen-bond donors (Lipinski definition) is 1. The Labute approximate surface area is 115 Å². The molecule has 1 rings (SSSR count). The average Bonchev–Trinajstić information content (AvgIpc) is 2.49. The van der Waals surface area contributed by atoms with Gasteiger partial charge < -0.3 is 10.2 Å². The van der Waals surface area contributed by atoms with E-state index in [0.717, 1.165) is 6.17 Å². The van der Waals surface area contributed by atoms with Crippen LogP contribution in [0, 0.1) is 0 Å².